The Bertz CT molecular complexity index is 491. The second-order valence-electron chi connectivity index (χ2n) is 4.86. The van der Waals surface area contributed by atoms with E-state index in [1.54, 1.807) is 26.1 Å². The van der Waals surface area contributed by atoms with Gasteiger partial charge in [0.05, 0.1) is 25.3 Å². The molecule has 1 aromatic carbocycles. The maximum absolute atomic E-state index is 11.9. The van der Waals surface area contributed by atoms with Crippen LogP contribution in [0.15, 0.2) is 24.3 Å². The summed E-state index contributed by atoms with van der Waals surface area (Å²) in [4.78, 5) is 24.6. The van der Waals surface area contributed by atoms with Crippen molar-refractivity contribution < 1.29 is 19.1 Å². The van der Waals surface area contributed by atoms with Crippen LogP contribution < -0.4 is 10.5 Å². The van der Waals surface area contributed by atoms with Crippen LogP contribution in [0.5, 0.6) is 5.75 Å². The number of esters is 1. The number of rotatable bonds is 9. The second-order valence-corrected chi connectivity index (χ2v) is 4.86. The minimum Gasteiger partial charge on any atom is -0.491 e. The third-order valence-corrected chi connectivity index (χ3v) is 3.09. The molecule has 0 bridgehead atoms. The van der Waals surface area contributed by atoms with E-state index in [4.69, 9.17) is 15.2 Å². The van der Waals surface area contributed by atoms with Gasteiger partial charge in [-0.25, -0.2) is 0 Å². The number of nitrogen functional groups attached to an aromatic ring is 1. The van der Waals surface area contributed by atoms with Crippen LogP contribution in [-0.4, -0.2) is 43.6 Å². The van der Waals surface area contributed by atoms with Gasteiger partial charge in [0.25, 0.3) is 0 Å². The number of nitrogens with two attached hydrogens (primary N) is 1. The Hall–Kier alpha value is -2.24. The summed E-state index contributed by atoms with van der Waals surface area (Å²) >= 11 is 0. The molecule has 0 aromatic heterocycles. The van der Waals surface area contributed by atoms with E-state index in [0.29, 0.717) is 44.0 Å². The van der Waals surface area contributed by atoms with Gasteiger partial charge in [-0.2, -0.15) is 0 Å². The van der Waals surface area contributed by atoms with Gasteiger partial charge in [-0.3, -0.25) is 9.59 Å². The molecule has 0 aliphatic heterocycles. The highest BCUT2D eigenvalue weighted by molar-refractivity contribution is 5.77. The maximum Gasteiger partial charge on any atom is 0.307 e. The lowest BCUT2D eigenvalue weighted by Gasteiger charge is -2.16. The highest BCUT2D eigenvalue weighted by atomic mass is 16.5. The molecule has 0 atom stereocenters. The molecule has 0 spiro atoms. The van der Waals surface area contributed by atoms with Crippen molar-refractivity contribution in [2.45, 2.75) is 26.2 Å². The lowest BCUT2D eigenvalue weighted by atomic mass is 10.2. The molecule has 6 nitrogen and oxygen atoms in total. The number of hydrogen-bond donors (Lipinski definition) is 1. The molecule has 0 heterocycles. The zero-order valence-electron chi connectivity index (χ0n) is 13.2. The first-order chi connectivity index (χ1) is 10.5. The van der Waals surface area contributed by atoms with Gasteiger partial charge >= 0.3 is 5.97 Å². The van der Waals surface area contributed by atoms with E-state index < -0.39 is 0 Å². The molecule has 1 rings (SSSR count). The van der Waals surface area contributed by atoms with Crippen LogP contribution in [0, 0.1) is 0 Å². The second kappa shape index (κ2) is 9.65. The third kappa shape index (κ3) is 6.47. The summed E-state index contributed by atoms with van der Waals surface area (Å²) in [5.41, 5.74) is 6.34. The average Bonchev–Trinajstić information content (AvgIpc) is 2.50. The zero-order valence-corrected chi connectivity index (χ0v) is 13.2. The number of carbonyl (C=O) groups is 2. The number of ether oxygens (including phenoxy) is 2. The van der Waals surface area contributed by atoms with Crippen molar-refractivity contribution in [2.75, 3.05) is 32.5 Å². The van der Waals surface area contributed by atoms with E-state index in [1.807, 2.05) is 12.1 Å². The minimum atomic E-state index is -0.287. The van der Waals surface area contributed by atoms with Crippen LogP contribution in [0.1, 0.15) is 26.2 Å². The van der Waals surface area contributed by atoms with E-state index >= 15 is 0 Å². The van der Waals surface area contributed by atoms with E-state index in [2.05, 4.69) is 0 Å². The molecule has 0 saturated carbocycles. The first kappa shape index (κ1) is 17.8. The van der Waals surface area contributed by atoms with Gasteiger partial charge in [0.15, 0.2) is 0 Å². The topological polar surface area (TPSA) is 81.9 Å². The van der Waals surface area contributed by atoms with E-state index in [1.165, 1.54) is 4.90 Å². The highest BCUT2D eigenvalue weighted by Crippen LogP contribution is 2.19. The number of anilines is 1. The molecule has 122 valence electrons. The lowest BCUT2D eigenvalue weighted by molar-refractivity contribution is -0.143. The van der Waals surface area contributed by atoms with Crippen molar-refractivity contribution in [3.05, 3.63) is 24.3 Å². The number of hydrogen-bond acceptors (Lipinski definition) is 5. The van der Waals surface area contributed by atoms with Gasteiger partial charge in [-0.15, -0.1) is 0 Å². The number of para-hydroxylation sites is 2. The number of carbonyl (C=O) groups excluding carboxylic acids is 2. The Labute approximate surface area is 131 Å². The summed E-state index contributed by atoms with van der Waals surface area (Å²) in [6, 6.07) is 7.25. The first-order valence-electron chi connectivity index (χ1n) is 7.41. The van der Waals surface area contributed by atoms with Crippen LogP contribution in [0.4, 0.5) is 5.69 Å². The Morgan fingerprint density at radius 3 is 2.64 bits per heavy atom. The number of benzene rings is 1. The van der Waals surface area contributed by atoms with Crippen molar-refractivity contribution in [3.8, 4) is 5.75 Å². The Morgan fingerprint density at radius 1 is 1.23 bits per heavy atom. The molecule has 0 saturated heterocycles. The molecule has 0 fully saturated rings. The van der Waals surface area contributed by atoms with Crippen molar-refractivity contribution >= 4 is 17.6 Å². The minimum absolute atomic E-state index is 0.0195. The SMILES string of the molecule is CCOC(=O)CCN(C)C(=O)CCCOc1ccccc1N. The van der Waals surface area contributed by atoms with E-state index in [0.717, 1.165) is 0 Å². The molecule has 1 amide bonds. The zero-order chi connectivity index (χ0) is 16.4. The predicted molar refractivity (Wildman–Crippen MR) is 84.5 cm³/mol. The first-order valence-corrected chi connectivity index (χ1v) is 7.41. The quantitative estimate of drug-likeness (QED) is 0.427. The van der Waals surface area contributed by atoms with Crippen LogP contribution >= 0.6 is 0 Å². The van der Waals surface area contributed by atoms with Crippen LogP contribution in [0.2, 0.25) is 0 Å². The number of nitrogens with zero attached hydrogens (tertiary/aromatic N) is 1. The molecule has 6 heteroatoms. The van der Waals surface area contributed by atoms with E-state index in [9.17, 15) is 9.59 Å². The third-order valence-electron chi connectivity index (χ3n) is 3.09. The van der Waals surface area contributed by atoms with Crippen molar-refractivity contribution in [2.24, 2.45) is 0 Å². The van der Waals surface area contributed by atoms with Gasteiger partial charge in [0, 0.05) is 20.0 Å². The normalized spacial score (nSPS) is 10.1. The standard InChI is InChI=1S/C16H24N2O4/c1-3-21-16(20)10-11-18(2)15(19)9-6-12-22-14-8-5-4-7-13(14)17/h4-5,7-8H,3,6,9-12,17H2,1-2H3. The van der Waals surface area contributed by atoms with Gasteiger partial charge in [0.1, 0.15) is 5.75 Å². The molecule has 0 aliphatic rings. The summed E-state index contributed by atoms with van der Waals surface area (Å²) in [6.45, 7) is 2.90. The molecular formula is C16H24N2O4. The Balaban J connectivity index is 2.20. The Kier molecular flexibility index (Phi) is 7.81. The van der Waals surface area contributed by atoms with Crippen LogP contribution in [-0.2, 0) is 14.3 Å². The van der Waals surface area contributed by atoms with Gasteiger partial charge < -0.3 is 20.1 Å². The molecule has 22 heavy (non-hydrogen) atoms. The van der Waals surface area contributed by atoms with Gasteiger partial charge in [-0.05, 0) is 25.5 Å². The predicted octanol–water partition coefficient (Wildman–Crippen LogP) is 1.84. The summed E-state index contributed by atoms with van der Waals surface area (Å²) < 4.78 is 10.3. The monoisotopic (exact) mass is 308 g/mol. The summed E-state index contributed by atoms with van der Waals surface area (Å²) in [6.07, 6.45) is 1.18. The summed E-state index contributed by atoms with van der Waals surface area (Å²) in [5, 5.41) is 0. The fourth-order valence-electron chi connectivity index (χ4n) is 1.83. The van der Waals surface area contributed by atoms with Crippen molar-refractivity contribution in [1.29, 1.82) is 0 Å². The summed E-state index contributed by atoms with van der Waals surface area (Å²) in [7, 11) is 1.68. The van der Waals surface area contributed by atoms with E-state index in [-0.39, 0.29) is 18.3 Å². The smallest absolute Gasteiger partial charge is 0.307 e. The highest BCUT2D eigenvalue weighted by Gasteiger charge is 2.11. The fraction of sp³-hybridized carbons (Fsp3) is 0.500. The fourth-order valence-corrected chi connectivity index (χ4v) is 1.83. The molecule has 2 N–H and O–H groups in total. The largest absolute Gasteiger partial charge is 0.491 e. The average molecular weight is 308 g/mol. The molecular weight excluding hydrogens is 284 g/mol. The maximum atomic E-state index is 11.9. The van der Waals surface area contributed by atoms with Gasteiger partial charge in [-0.1, -0.05) is 12.1 Å². The molecule has 0 aliphatic carbocycles. The number of amides is 1. The van der Waals surface area contributed by atoms with Crippen molar-refractivity contribution in [1.82, 2.24) is 4.90 Å². The summed E-state index contributed by atoms with van der Waals surface area (Å²) in [5.74, 6) is 0.324. The van der Waals surface area contributed by atoms with Crippen LogP contribution in [0.25, 0.3) is 0 Å². The Morgan fingerprint density at radius 2 is 1.95 bits per heavy atom. The van der Waals surface area contributed by atoms with Crippen molar-refractivity contribution in [3.63, 3.8) is 0 Å². The molecule has 0 unspecified atom stereocenters. The molecule has 1 aromatic rings. The van der Waals surface area contributed by atoms with Crippen LogP contribution in [0.3, 0.4) is 0 Å². The molecule has 0 radical (unpaired) electrons. The lowest BCUT2D eigenvalue weighted by Crippen LogP contribution is -2.29. The van der Waals surface area contributed by atoms with Gasteiger partial charge in [0.2, 0.25) is 5.91 Å².